The Morgan fingerprint density at radius 2 is 2.00 bits per heavy atom. The topological polar surface area (TPSA) is 75.1 Å². The summed E-state index contributed by atoms with van der Waals surface area (Å²) in [7, 11) is 1.92. The molecule has 0 saturated heterocycles. The molecule has 4 heterocycles. The van der Waals surface area contributed by atoms with Crippen molar-refractivity contribution in [2.75, 3.05) is 13.6 Å². The second kappa shape index (κ2) is 8.55. The molecule has 0 fully saturated rings. The second-order valence-electron chi connectivity index (χ2n) is 8.42. The molecule has 170 valence electrons. The van der Waals surface area contributed by atoms with Gasteiger partial charge in [-0.3, -0.25) is 9.69 Å². The van der Waals surface area contributed by atoms with Crippen LogP contribution in [0.15, 0.2) is 86.9 Å². The smallest absolute Gasteiger partial charge is 0.257 e. The summed E-state index contributed by atoms with van der Waals surface area (Å²) in [6.45, 7) is 0.800. The summed E-state index contributed by atoms with van der Waals surface area (Å²) in [5.74, 6) is 1.28. The SMILES string of the molecule is CN(CC(=O)N1N=C(c2cc3ccccc3o2)CC1c1ccco1)Cc1nc2ccccc2s1. The van der Waals surface area contributed by atoms with Crippen molar-refractivity contribution < 1.29 is 13.6 Å². The third-order valence-electron chi connectivity index (χ3n) is 5.90. The molecule has 0 aliphatic carbocycles. The van der Waals surface area contributed by atoms with Gasteiger partial charge in [0.2, 0.25) is 0 Å². The van der Waals surface area contributed by atoms with E-state index in [0.29, 0.717) is 24.5 Å². The van der Waals surface area contributed by atoms with Crippen molar-refractivity contribution in [3.8, 4) is 0 Å². The summed E-state index contributed by atoms with van der Waals surface area (Å²) >= 11 is 1.65. The number of likely N-dealkylation sites (N-methyl/N-ethyl adjacent to an activating group) is 1. The molecule has 1 aliphatic heterocycles. The van der Waals surface area contributed by atoms with Gasteiger partial charge in [0, 0.05) is 11.8 Å². The van der Waals surface area contributed by atoms with E-state index in [4.69, 9.17) is 13.9 Å². The molecule has 0 saturated carbocycles. The first-order valence-electron chi connectivity index (χ1n) is 11.1. The van der Waals surface area contributed by atoms with Crippen LogP contribution in [0, 0.1) is 0 Å². The maximum atomic E-state index is 13.4. The zero-order valence-electron chi connectivity index (χ0n) is 18.5. The number of thiazole rings is 1. The average Bonchev–Trinajstić information content (AvgIpc) is 3.63. The molecule has 3 aromatic heterocycles. The summed E-state index contributed by atoms with van der Waals surface area (Å²) in [5, 5.41) is 8.22. The summed E-state index contributed by atoms with van der Waals surface area (Å²) in [6.07, 6.45) is 2.15. The number of amides is 1. The van der Waals surface area contributed by atoms with E-state index >= 15 is 0 Å². The van der Waals surface area contributed by atoms with E-state index in [2.05, 4.69) is 11.1 Å². The number of benzene rings is 2. The molecule has 8 heteroatoms. The van der Waals surface area contributed by atoms with Crippen molar-refractivity contribution in [1.29, 1.82) is 0 Å². The first-order chi connectivity index (χ1) is 16.6. The number of para-hydroxylation sites is 2. The molecule has 0 bridgehead atoms. The van der Waals surface area contributed by atoms with Gasteiger partial charge in [-0.2, -0.15) is 5.10 Å². The second-order valence-corrected chi connectivity index (χ2v) is 9.53. The summed E-state index contributed by atoms with van der Waals surface area (Å²) in [5.41, 5.74) is 2.52. The van der Waals surface area contributed by atoms with Gasteiger partial charge >= 0.3 is 0 Å². The van der Waals surface area contributed by atoms with Gasteiger partial charge < -0.3 is 8.83 Å². The van der Waals surface area contributed by atoms with Crippen LogP contribution in [0.5, 0.6) is 0 Å². The molecule has 6 rings (SSSR count). The van der Waals surface area contributed by atoms with Gasteiger partial charge in [-0.05, 0) is 43.4 Å². The van der Waals surface area contributed by atoms with Gasteiger partial charge in [-0.25, -0.2) is 9.99 Å². The highest BCUT2D eigenvalue weighted by atomic mass is 32.1. The molecule has 0 N–H and O–H groups in total. The summed E-state index contributed by atoms with van der Waals surface area (Å²) in [6, 6.07) is 21.3. The highest BCUT2D eigenvalue weighted by Crippen LogP contribution is 2.34. The molecular weight excluding hydrogens is 448 g/mol. The van der Waals surface area contributed by atoms with Crippen LogP contribution in [0.3, 0.4) is 0 Å². The van der Waals surface area contributed by atoms with Gasteiger partial charge in [0.05, 0.1) is 29.6 Å². The number of aromatic nitrogens is 1. The maximum Gasteiger partial charge on any atom is 0.257 e. The van der Waals surface area contributed by atoms with E-state index in [-0.39, 0.29) is 18.5 Å². The Balaban J connectivity index is 1.23. The quantitative estimate of drug-likeness (QED) is 0.330. The van der Waals surface area contributed by atoms with Crippen molar-refractivity contribution in [3.63, 3.8) is 0 Å². The molecule has 1 atom stereocenters. The number of carbonyl (C=O) groups excluding carboxylic acids is 1. The number of hydrogen-bond donors (Lipinski definition) is 0. The first kappa shape index (κ1) is 20.8. The lowest BCUT2D eigenvalue weighted by Crippen LogP contribution is -2.36. The van der Waals surface area contributed by atoms with Crippen molar-refractivity contribution in [3.05, 3.63) is 89.5 Å². The lowest BCUT2D eigenvalue weighted by Gasteiger charge is -2.22. The van der Waals surface area contributed by atoms with Crippen LogP contribution in [-0.4, -0.2) is 40.1 Å². The fourth-order valence-corrected chi connectivity index (χ4v) is 5.34. The zero-order valence-corrected chi connectivity index (χ0v) is 19.4. The van der Waals surface area contributed by atoms with Crippen molar-refractivity contribution in [2.45, 2.75) is 19.0 Å². The molecule has 2 aromatic carbocycles. The Labute approximate surface area is 199 Å². The first-order valence-corrected chi connectivity index (χ1v) is 11.9. The molecule has 7 nitrogen and oxygen atoms in total. The van der Waals surface area contributed by atoms with Crippen LogP contribution in [0.4, 0.5) is 0 Å². The maximum absolute atomic E-state index is 13.4. The molecule has 34 heavy (non-hydrogen) atoms. The van der Waals surface area contributed by atoms with Crippen LogP contribution in [0.1, 0.15) is 29.0 Å². The average molecular weight is 471 g/mol. The number of hydrazone groups is 1. The van der Waals surface area contributed by atoms with Gasteiger partial charge in [-0.1, -0.05) is 30.3 Å². The molecule has 0 radical (unpaired) electrons. The number of hydrogen-bond acceptors (Lipinski definition) is 7. The lowest BCUT2D eigenvalue weighted by atomic mass is 10.1. The van der Waals surface area contributed by atoms with E-state index in [1.54, 1.807) is 17.6 Å². The van der Waals surface area contributed by atoms with Crippen LogP contribution >= 0.6 is 11.3 Å². The van der Waals surface area contributed by atoms with Crippen LogP contribution in [0.25, 0.3) is 21.2 Å². The van der Waals surface area contributed by atoms with Gasteiger partial charge in [0.25, 0.3) is 5.91 Å². The molecular formula is C26H22N4O3S. The van der Waals surface area contributed by atoms with Crippen molar-refractivity contribution >= 4 is 44.1 Å². The Morgan fingerprint density at radius 3 is 2.82 bits per heavy atom. The molecule has 5 aromatic rings. The monoisotopic (exact) mass is 470 g/mol. The minimum atomic E-state index is -0.304. The highest BCUT2D eigenvalue weighted by Gasteiger charge is 2.36. The van der Waals surface area contributed by atoms with Crippen molar-refractivity contribution in [2.24, 2.45) is 5.10 Å². The van der Waals surface area contributed by atoms with Gasteiger partial charge in [0.15, 0.2) is 5.76 Å². The molecule has 0 spiro atoms. The lowest BCUT2D eigenvalue weighted by molar-refractivity contribution is -0.134. The van der Waals surface area contributed by atoms with Gasteiger partial charge in [0.1, 0.15) is 28.1 Å². The minimum absolute atomic E-state index is 0.101. The standard InChI is InChI=1S/C26H22N4O3S/c1-29(15-25-27-18-8-3-5-11-24(18)34-25)16-26(31)30-20(22-10-6-12-32-22)14-19(28-30)23-13-17-7-2-4-9-21(17)33-23/h2-13,20H,14-16H2,1H3. The largest absolute Gasteiger partial charge is 0.467 e. The number of carbonyl (C=O) groups is 1. The highest BCUT2D eigenvalue weighted by molar-refractivity contribution is 7.18. The normalized spacial score (nSPS) is 16.1. The zero-order chi connectivity index (χ0) is 23.1. The Kier molecular flexibility index (Phi) is 5.24. The minimum Gasteiger partial charge on any atom is -0.467 e. The number of rotatable bonds is 6. The van der Waals surface area contributed by atoms with E-state index in [0.717, 1.165) is 31.9 Å². The van der Waals surface area contributed by atoms with Gasteiger partial charge in [-0.15, -0.1) is 11.3 Å². The predicted molar refractivity (Wildman–Crippen MR) is 132 cm³/mol. The number of nitrogens with zero attached hydrogens (tertiary/aromatic N) is 4. The van der Waals surface area contributed by atoms with E-state index in [1.165, 1.54) is 5.01 Å². The Bertz CT molecular complexity index is 1430. The van der Waals surface area contributed by atoms with Crippen LogP contribution < -0.4 is 0 Å². The third-order valence-corrected chi connectivity index (χ3v) is 6.92. The van der Waals surface area contributed by atoms with E-state index in [9.17, 15) is 4.79 Å². The number of fused-ring (bicyclic) bond motifs is 2. The Morgan fingerprint density at radius 1 is 1.15 bits per heavy atom. The summed E-state index contributed by atoms with van der Waals surface area (Å²) in [4.78, 5) is 20.0. The van der Waals surface area contributed by atoms with Crippen LogP contribution in [-0.2, 0) is 11.3 Å². The van der Waals surface area contributed by atoms with E-state index in [1.807, 2.05) is 72.6 Å². The molecule has 1 aliphatic rings. The summed E-state index contributed by atoms with van der Waals surface area (Å²) < 4.78 is 12.8. The van der Waals surface area contributed by atoms with E-state index < -0.39 is 0 Å². The van der Waals surface area contributed by atoms with Crippen molar-refractivity contribution in [1.82, 2.24) is 14.9 Å². The molecule has 1 unspecified atom stereocenters. The fraction of sp³-hybridized carbons (Fsp3) is 0.192. The van der Waals surface area contributed by atoms with Crippen LogP contribution in [0.2, 0.25) is 0 Å². The predicted octanol–water partition coefficient (Wildman–Crippen LogP) is 5.45. The Hall–Kier alpha value is -3.75. The number of furan rings is 2. The third kappa shape index (κ3) is 3.91. The fourth-order valence-electron chi connectivity index (χ4n) is 4.29. The molecule has 1 amide bonds.